The highest BCUT2D eigenvalue weighted by molar-refractivity contribution is 6.00. The Kier molecular flexibility index (Phi) is 4.30. The van der Waals surface area contributed by atoms with Crippen LogP contribution in [-0.2, 0) is 9.53 Å². The van der Waals surface area contributed by atoms with Crippen molar-refractivity contribution < 1.29 is 19.4 Å². The molecule has 0 radical (unpaired) electrons. The fraction of sp³-hybridized carbons (Fsp3) is 0.412. The van der Waals surface area contributed by atoms with E-state index in [0.717, 1.165) is 5.56 Å². The summed E-state index contributed by atoms with van der Waals surface area (Å²) in [6, 6.07) is 5.31. The van der Waals surface area contributed by atoms with Crippen molar-refractivity contribution in [1.29, 1.82) is 0 Å². The molecule has 25 heavy (non-hydrogen) atoms. The molecule has 1 aromatic carbocycles. The maximum Gasteiger partial charge on any atom is 0.357 e. The number of ether oxygens (including phenoxy) is 1. The molecule has 1 amide bonds. The van der Waals surface area contributed by atoms with Gasteiger partial charge < -0.3 is 9.84 Å². The Morgan fingerprint density at radius 1 is 1.36 bits per heavy atom. The molecule has 2 heterocycles. The van der Waals surface area contributed by atoms with E-state index in [-0.39, 0.29) is 19.1 Å². The second kappa shape index (κ2) is 6.29. The molecule has 1 aliphatic rings. The number of carboxylic acids is 1. The lowest BCUT2D eigenvalue weighted by molar-refractivity contribution is -0.176. The Bertz CT molecular complexity index is 805. The van der Waals surface area contributed by atoms with Crippen LogP contribution >= 0.6 is 0 Å². The van der Waals surface area contributed by atoms with Crippen LogP contribution in [0.1, 0.15) is 36.2 Å². The van der Waals surface area contributed by atoms with E-state index in [0.29, 0.717) is 11.3 Å². The van der Waals surface area contributed by atoms with Crippen LogP contribution in [0, 0.1) is 6.92 Å². The summed E-state index contributed by atoms with van der Waals surface area (Å²) in [6.45, 7) is 5.52. The van der Waals surface area contributed by atoms with Gasteiger partial charge in [-0.1, -0.05) is 18.6 Å². The van der Waals surface area contributed by atoms with E-state index in [1.165, 1.54) is 22.1 Å². The molecule has 8 heteroatoms. The number of aryl methyl sites for hydroxylation is 1. The summed E-state index contributed by atoms with van der Waals surface area (Å²) in [7, 11) is 0. The molecule has 1 unspecified atom stereocenters. The van der Waals surface area contributed by atoms with Gasteiger partial charge >= 0.3 is 5.97 Å². The zero-order valence-corrected chi connectivity index (χ0v) is 14.3. The molecule has 8 nitrogen and oxygen atoms in total. The van der Waals surface area contributed by atoms with Gasteiger partial charge in [0.25, 0.3) is 5.91 Å². The smallest absolute Gasteiger partial charge is 0.357 e. The van der Waals surface area contributed by atoms with Gasteiger partial charge in [-0.05, 0) is 26.0 Å². The largest absolute Gasteiger partial charge is 0.478 e. The molecule has 0 aliphatic carbocycles. The summed E-state index contributed by atoms with van der Waals surface area (Å²) in [5, 5.41) is 17.9. The first-order valence-corrected chi connectivity index (χ1v) is 8.09. The van der Waals surface area contributed by atoms with Gasteiger partial charge in [0.15, 0.2) is 0 Å². The van der Waals surface area contributed by atoms with Crippen LogP contribution in [-0.4, -0.2) is 55.3 Å². The lowest BCUT2D eigenvalue weighted by Gasteiger charge is -2.32. The number of benzene rings is 1. The van der Waals surface area contributed by atoms with Crippen LogP contribution in [0.4, 0.5) is 0 Å². The quantitative estimate of drug-likeness (QED) is 0.905. The second-order valence-electron chi connectivity index (χ2n) is 6.13. The average molecular weight is 344 g/mol. The molecule has 2 aromatic rings. The number of amides is 1. The predicted molar refractivity (Wildman–Crippen MR) is 88.3 cm³/mol. The molecule has 1 aromatic heterocycles. The Morgan fingerprint density at radius 2 is 2.04 bits per heavy atom. The van der Waals surface area contributed by atoms with E-state index in [2.05, 4.69) is 10.2 Å². The zero-order valence-electron chi connectivity index (χ0n) is 14.3. The molecule has 3 rings (SSSR count). The summed E-state index contributed by atoms with van der Waals surface area (Å²) in [5.41, 5.74) is 0.0584. The number of carbonyl (C=O) groups is 2. The first-order valence-electron chi connectivity index (χ1n) is 8.09. The maximum atomic E-state index is 13.3. The standard InChI is InChI=1S/C17H20N4O4/c1-4-17(16(23)24)20(10-12(3)25-17)15(22)13-9-11(2)5-6-14(13)21-18-7-8-19-21/h5-9,12H,4,10H2,1-3H3,(H,23,24)/t12-,17?/m0/s1. The summed E-state index contributed by atoms with van der Waals surface area (Å²) < 4.78 is 5.64. The first kappa shape index (κ1) is 17.1. The van der Waals surface area contributed by atoms with Crippen molar-refractivity contribution in [3.8, 4) is 5.69 Å². The minimum absolute atomic E-state index is 0.152. The molecule has 2 atom stereocenters. The molecule has 0 bridgehead atoms. The number of nitrogens with zero attached hydrogens (tertiary/aromatic N) is 4. The molecule has 1 aliphatic heterocycles. The Morgan fingerprint density at radius 3 is 2.64 bits per heavy atom. The number of rotatable bonds is 4. The lowest BCUT2D eigenvalue weighted by atomic mass is 10.0. The van der Waals surface area contributed by atoms with Crippen LogP contribution in [0.3, 0.4) is 0 Å². The number of hydrogen-bond acceptors (Lipinski definition) is 5. The van der Waals surface area contributed by atoms with Crippen molar-refractivity contribution >= 4 is 11.9 Å². The van der Waals surface area contributed by atoms with Gasteiger partial charge in [-0.2, -0.15) is 15.0 Å². The number of aromatic nitrogens is 3. The van der Waals surface area contributed by atoms with Crippen molar-refractivity contribution in [2.24, 2.45) is 0 Å². The monoisotopic (exact) mass is 344 g/mol. The molecule has 1 saturated heterocycles. The van der Waals surface area contributed by atoms with Crippen molar-refractivity contribution in [3.63, 3.8) is 0 Å². The Hall–Kier alpha value is -2.74. The van der Waals surface area contributed by atoms with Crippen LogP contribution < -0.4 is 0 Å². The Balaban J connectivity index is 2.09. The van der Waals surface area contributed by atoms with Crippen LogP contribution in [0.25, 0.3) is 5.69 Å². The summed E-state index contributed by atoms with van der Waals surface area (Å²) in [6.07, 6.45) is 2.82. The van der Waals surface area contributed by atoms with Crippen molar-refractivity contribution in [2.75, 3.05) is 6.54 Å². The van der Waals surface area contributed by atoms with Gasteiger partial charge in [0.1, 0.15) is 0 Å². The second-order valence-corrected chi connectivity index (χ2v) is 6.13. The van der Waals surface area contributed by atoms with Crippen molar-refractivity contribution in [2.45, 2.75) is 39.0 Å². The van der Waals surface area contributed by atoms with E-state index in [1.807, 2.05) is 13.0 Å². The zero-order chi connectivity index (χ0) is 18.2. The third-order valence-electron chi connectivity index (χ3n) is 4.35. The molecule has 1 N–H and O–H groups in total. The molecular formula is C17H20N4O4. The fourth-order valence-electron chi connectivity index (χ4n) is 3.16. The van der Waals surface area contributed by atoms with Crippen LogP contribution in [0.15, 0.2) is 30.6 Å². The minimum Gasteiger partial charge on any atom is -0.478 e. The number of hydrogen-bond donors (Lipinski definition) is 1. The molecule has 0 saturated carbocycles. The van der Waals surface area contributed by atoms with Gasteiger partial charge in [0.05, 0.1) is 36.3 Å². The molecule has 132 valence electrons. The highest BCUT2D eigenvalue weighted by atomic mass is 16.6. The van der Waals surface area contributed by atoms with Gasteiger partial charge in [0, 0.05) is 6.42 Å². The van der Waals surface area contributed by atoms with Gasteiger partial charge in [-0.25, -0.2) is 4.79 Å². The van der Waals surface area contributed by atoms with E-state index in [9.17, 15) is 14.7 Å². The normalized spacial score (nSPS) is 23.0. The van der Waals surface area contributed by atoms with Gasteiger partial charge in [0.2, 0.25) is 5.72 Å². The van der Waals surface area contributed by atoms with Gasteiger partial charge in [-0.3, -0.25) is 9.69 Å². The Labute approximate surface area is 145 Å². The predicted octanol–water partition coefficient (Wildman–Crippen LogP) is 1.63. The summed E-state index contributed by atoms with van der Waals surface area (Å²) in [5.74, 6) is -1.58. The van der Waals surface area contributed by atoms with E-state index in [4.69, 9.17) is 4.74 Å². The minimum atomic E-state index is -1.66. The van der Waals surface area contributed by atoms with E-state index in [1.54, 1.807) is 26.0 Å². The maximum absolute atomic E-state index is 13.3. The van der Waals surface area contributed by atoms with Crippen LogP contribution in [0.5, 0.6) is 0 Å². The third kappa shape index (κ3) is 2.78. The highest BCUT2D eigenvalue weighted by Gasteiger charge is 2.53. The third-order valence-corrected chi connectivity index (χ3v) is 4.35. The highest BCUT2D eigenvalue weighted by Crippen LogP contribution is 2.33. The topological polar surface area (TPSA) is 97.6 Å². The SMILES string of the molecule is CCC1(C(=O)O)O[C@@H](C)CN1C(=O)c1cc(C)ccc1-n1nccn1. The lowest BCUT2D eigenvalue weighted by Crippen LogP contribution is -2.53. The first-order chi connectivity index (χ1) is 11.9. The van der Waals surface area contributed by atoms with Crippen molar-refractivity contribution in [3.05, 3.63) is 41.7 Å². The molecule has 0 spiro atoms. The number of aliphatic carboxylic acids is 1. The molecular weight excluding hydrogens is 324 g/mol. The summed E-state index contributed by atoms with van der Waals surface area (Å²) in [4.78, 5) is 27.8. The fourth-order valence-corrected chi connectivity index (χ4v) is 3.16. The van der Waals surface area contributed by atoms with E-state index >= 15 is 0 Å². The van der Waals surface area contributed by atoms with Gasteiger partial charge in [-0.15, -0.1) is 0 Å². The van der Waals surface area contributed by atoms with Crippen molar-refractivity contribution in [1.82, 2.24) is 19.9 Å². The van der Waals surface area contributed by atoms with E-state index < -0.39 is 17.6 Å². The average Bonchev–Trinajstić information content (AvgIpc) is 3.22. The molecule has 1 fully saturated rings. The summed E-state index contributed by atoms with van der Waals surface area (Å²) >= 11 is 0. The number of carboxylic acid groups (broad SMARTS) is 1. The van der Waals surface area contributed by atoms with Crippen LogP contribution in [0.2, 0.25) is 0 Å². The number of carbonyl (C=O) groups excluding carboxylic acids is 1.